The van der Waals surface area contributed by atoms with Crippen LogP contribution in [0.3, 0.4) is 0 Å². The number of rotatable bonds is 9. The van der Waals surface area contributed by atoms with Gasteiger partial charge in [-0.15, -0.1) is 0 Å². The van der Waals surface area contributed by atoms with Gasteiger partial charge in [0.25, 0.3) is 0 Å². The van der Waals surface area contributed by atoms with E-state index in [2.05, 4.69) is 20.9 Å². The monoisotopic (exact) mass is 631 g/mol. The number of allylic oxidation sites excluding steroid dienone is 2. The summed E-state index contributed by atoms with van der Waals surface area (Å²) in [7, 11) is 4.72. The van der Waals surface area contributed by atoms with Crippen molar-refractivity contribution in [3.05, 3.63) is 64.9 Å². The molecule has 0 saturated heterocycles. The van der Waals surface area contributed by atoms with Crippen molar-refractivity contribution in [3.63, 3.8) is 0 Å². The zero-order valence-electron chi connectivity index (χ0n) is 25.7. The molecular formula is C31H42ClN5O7. The number of halogens is 1. The van der Waals surface area contributed by atoms with Gasteiger partial charge in [-0.2, -0.15) is 0 Å². The van der Waals surface area contributed by atoms with Crippen LogP contribution < -0.4 is 26.4 Å². The number of likely N-dealkylation sites (N-methyl/N-ethyl adjacent to an activating group) is 1. The predicted octanol–water partition coefficient (Wildman–Crippen LogP) is 1.87. The lowest BCUT2D eigenvalue weighted by Gasteiger charge is -2.25. The lowest BCUT2D eigenvalue weighted by atomic mass is 9.99. The average molecular weight is 632 g/mol. The molecule has 0 fully saturated rings. The molecule has 0 radical (unpaired) electrons. The number of cyclic esters (lactones) is 2. The third-order valence-electron chi connectivity index (χ3n) is 6.74. The molecule has 5 N–H and O–H groups in total. The Balaban J connectivity index is 2.40. The average Bonchev–Trinajstić information content (AvgIpc) is 2.99. The minimum atomic E-state index is -1.23. The maximum atomic E-state index is 13.2. The van der Waals surface area contributed by atoms with Gasteiger partial charge in [-0.1, -0.05) is 49.7 Å². The van der Waals surface area contributed by atoms with Crippen LogP contribution in [0.1, 0.15) is 25.8 Å². The molecule has 0 saturated carbocycles. The highest BCUT2D eigenvalue weighted by atomic mass is 35.5. The summed E-state index contributed by atoms with van der Waals surface area (Å²) in [5.74, 6) is -3.15. The van der Waals surface area contributed by atoms with Gasteiger partial charge in [0.15, 0.2) is 0 Å². The molecule has 13 heteroatoms. The third kappa shape index (κ3) is 11.5. The van der Waals surface area contributed by atoms with Gasteiger partial charge in [0.1, 0.15) is 17.9 Å². The van der Waals surface area contributed by atoms with E-state index < -0.39 is 47.9 Å². The largest absolute Gasteiger partial charge is 0.495 e. The number of carbonyl (C=O) groups is 4. The van der Waals surface area contributed by atoms with Crippen LogP contribution in [-0.2, 0) is 35.1 Å². The Kier molecular flexibility index (Phi) is 15.1. The Bertz CT molecular complexity index is 1280. The van der Waals surface area contributed by atoms with E-state index in [1.54, 1.807) is 63.7 Å². The molecule has 0 aliphatic carbocycles. The molecule has 0 unspecified atom stereocenters. The first kappa shape index (κ1) is 36.0. The van der Waals surface area contributed by atoms with E-state index in [1.165, 1.54) is 19.4 Å². The number of amides is 2. The van der Waals surface area contributed by atoms with Crippen LogP contribution >= 0.6 is 11.6 Å². The Hall–Kier alpha value is -4.16. The van der Waals surface area contributed by atoms with Crippen LogP contribution in [0, 0.1) is 11.8 Å². The fourth-order valence-corrected chi connectivity index (χ4v) is 4.44. The molecule has 5 atom stereocenters. The molecule has 1 aromatic rings. The summed E-state index contributed by atoms with van der Waals surface area (Å²) in [6.45, 7) is 3.32. The van der Waals surface area contributed by atoms with Crippen molar-refractivity contribution in [2.24, 2.45) is 22.6 Å². The Morgan fingerprint density at radius 3 is 2.64 bits per heavy atom. The van der Waals surface area contributed by atoms with Crippen molar-refractivity contribution in [2.45, 2.75) is 44.9 Å². The molecule has 1 aliphatic rings. The number of methoxy groups -OCH3 is 1. The SMILES string of the molecule is CN=CC(=CN)/C=C/[C@@H](C)[C@@H]1C/C=C/C(=O)N[C@H](Cc2ccc(OC)c(Cl)c2)C(=O)NC[C@@H](C)C(=O)O[C@@H](CNC)C(=O)O1. The zero-order chi connectivity index (χ0) is 32.6. The summed E-state index contributed by atoms with van der Waals surface area (Å²) in [6.07, 6.45) is 7.65. The molecule has 12 nitrogen and oxygen atoms in total. The molecule has 44 heavy (non-hydrogen) atoms. The first-order valence-corrected chi connectivity index (χ1v) is 14.6. The molecule has 0 spiro atoms. The van der Waals surface area contributed by atoms with Crippen molar-refractivity contribution in [2.75, 3.05) is 34.3 Å². The van der Waals surface area contributed by atoms with E-state index in [4.69, 9.17) is 31.5 Å². The number of ether oxygens (including phenoxy) is 3. The maximum Gasteiger partial charge on any atom is 0.349 e. The number of benzene rings is 1. The second-order valence-electron chi connectivity index (χ2n) is 10.2. The Morgan fingerprint density at radius 1 is 1.25 bits per heavy atom. The van der Waals surface area contributed by atoms with Crippen molar-refractivity contribution >= 4 is 41.6 Å². The van der Waals surface area contributed by atoms with Gasteiger partial charge < -0.3 is 35.9 Å². The highest BCUT2D eigenvalue weighted by Gasteiger charge is 2.31. The van der Waals surface area contributed by atoms with Crippen molar-refractivity contribution in [3.8, 4) is 5.75 Å². The van der Waals surface area contributed by atoms with E-state index >= 15 is 0 Å². The molecule has 1 aromatic carbocycles. The number of hydrogen-bond donors (Lipinski definition) is 4. The normalized spacial score (nSPS) is 24.4. The first-order valence-electron chi connectivity index (χ1n) is 14.2. The van der Waals surface area contributed by atoms with Crippen molar-refractivity contribution < 1.29 is 33.4 Å². The van der Waals surface area contributed by atoms with E-state index in [0.29, 0.717) is 21.9 Å². The highest BCUT2D eigenvalue weighted by molar-refractivity contribution is 6.32. The number of nitrogens with one attached hydrogen (secondary N) is 3. The topological polar surface area (TPSA) is 170 Å². The van der Waals surface area contributed by atoms with Crippen LogP contribution in [-0.4, -0.2) is 82.5 Å². The van der Waals surface area contributed by atoms with Gasteiger partial charge in [0.05, 0.1) is 18.1 Å². The summed E-state index contributed by atoms with van der Waals surface area (Å²) in [5.41, 5.74) is 6.98. The van der Waals surface area contributed by atoms with E-state index in [9.17, 15) is 19.2 Å². The fourth-order valence-electron chi connectivity index (χ4n) is 4.16. The minimum absolute atomic E-state index is 0.0123. The second-order valence-corrected chi connectivity index (χ2v) is 10.7. The van der Waals surface area contributed by atoms with Crippen LogP contribution in [0.25, 0.3) is 0 Å². The maximum absolute atomic E-state index is 13.2. The number of aliphatic imine (C=N–C) groups is 1. The molecule has 1 heterocycles. The van der Waals surface area contributed by atoms with Gasteiger partial charge in [-0.3, -0.25) is 19.4 Å². The van der Waals surface area contributed by atoms with Crippen LogP contribution in [0.4, 0.5) is 0 Å². The van der Waals surface area contributed by atoms with Crippen molar-refractivity contribution in [1.82, 2.24) is 16.0 Å². The summed E-state index contributed by atoms with van der Waals surface area (Å²) in [4.78, 5) is 56.1. The Labute approximate surface area is 263 Å². The van der Waals surface area contributed by atoms with Crippen molar-refractivity contribution in [1.29, 1.82) is 0 Å². The lowest BCUT2D eigenvalue weighted by molar-refractivity contribution is -0.174. The third-order valence-corrected chi connectivity index (χ3v) is 7.03. The van der Waals surface area contributed by atoms with E-state index in [-0.39, 0.29) is 31.8 Å². The number of nitrogens with zero attached hydrogens (tertiary/aromatic N) is 1. The molecule has 240 valence electrons. The summed E-state index contributed by atoms with van der Waals surface area (Å²) < 4.78 is 16.5. The van der Waals surface area contributed by atoms with Gasteiger partial charge in [-0.25, -0.2) is 4.79 Å². The predicted molar refractivity (Wildman–Crippen MR) is 168 cm³/mol. The molecule has 0 bridgehead atoms. The minimum Gasteiger partial charge on any atom is -0.495 e. The molecular weight excluding hydrogens is 590 g/mol. The van der Waals surface area contributed by atoms with Crippen LogP contribution in [0.15, 0.2) is 59.3 Å². The van der Waals surface area contributed by atoms with Gasteiger partial charge in [0.2, 0.25) is 17.9 Å². The number of carbonyl (C=O) groups excluding carboxylic acids is 4. The van der Waals surface area contributed by atoms with Gasteiger partial charge >= 0.3 is 11.9 Å². The highest BCUT2D eigenvalue weighted by Crippen LogP contribution is 2.25. The molecule has 2 rings (SSSR count). The summed E-state index contributed by atoms with van der Waals surface area (Å²) in [6, 6.07) is 4.08. The Morgan fingerprint density at radius 2 is 2.00 bits per heavy atom. The molecule has 1 aliphatic heterocycles. The van der Waals surface area contributed by atoms with Crippen LogP contribution in [0.2, 0.25) is 5.02 Å². The lowest BCUT2D eigenvalue weighted by Crippen LogP contribution is -2.49. The second kappa shape index (κ2) is 18.5. The fraction of sp³-hybridized carbons (Fsp3) is 0.452. The van der Waals surface area contributed by atoms with Gasteiger partial charge in [-0.05, 0) is 30.8 Å². The summed E-state index contributed by atoms with van der Waals surface area (Å²) in [5, 5.41) is 8.60. The quantitative estimate of drug-likeness (QED) is 0.180. The van der Waals surface area contributed by atoms with E-state index in [1.807, 2.05) is 6.92 Å². The number of nitrogens with two attached hydrogens (primary N) is 1. The molecule has 2 amide bonds. The molecule has 0 aromatic heterocycles. The summed E-state index contributed by atoms with van der Waals surface area (Å²) >= 11 is 6.27. The smallest absolute Gasteiger partial charge is 0.349 e. The first-order chi connectivity index (χ1) is 21.0. The number of hydrogen-bond acceptors (Lipinski definition) is 10. The number of esters is 2. The standard InChI is InChI=1S/C31H42ClN5O7/c1-19(9-10-22(15-33)17-34-3)25-7-6-8-28(38)37-24(14-21-11-12-26(42-5)23(32)13-21)29(39)36-16-20(2)30(40)44-27(18-35-4)31(41)43-25/h6,8-13,15,17,19-20,24-25,27,35H,7,14,16,18,33H2,1-5H3,(H,36,39)(H,37,38)/b8-6+,10-9+,22-15?,34-17?/t19-,20-,24-,25+,27+/m1/s1. The van der Waals surface area contributed by atoms with E-state index in [0.717, 1.165) is 0 Å². The van der Waals surface area contributed by atoms with Crippen LogP contribution in [0.5, 0.6) is 5.75 Å². The van der Waals surface area contributed by atoms with Gasteiger partial charge in [0, 0.05) is 56.9 Å². The zero-order valence-corrected chi connectivity index (χ0v) is 26.4.